The van der Waals surface area contributed by atoms with E-state index in [1.165, 1.54) is 11.1 Å². The van der Waals surface area contributed by atoms with E-state index >= 15 is 0 Å². The van der Waals surface area contributed by atoms with E-state index in [1.54, 1.807) is 18.2 Å². The monoisotopic (exact) mass is 311 g/mol. The van der Waals surface area contributed by atoms with Gasteiger partial charge in [0, 0.05) is 18.5 Å². The molecule has 118 valence electrons. The molecule has 23 heavy (non-hydrogen) atoms. The highest BCUT2D eigenvalue weighted by atomic mass is 16.7. The van der Waals surface area contributed by atoms with Crippen molar-refractivity contribution >= 4 is 5.91 Å². The fraction of sp³-hybridized carbons (Fsp3) is 0.278. The molecule has 1 atom stereocenters. The number of nitrogens with one attached hydrogen (secondary N) is 1. The van der Waals surface area contributed by atoms with Crippen LogP contribution >= 0.6 is 0 Å². The van der Waals surface area contributed by atoms with Gasteiger partial charge in [-0.1, -0.05) is 24.3 Å². The zero-order valence-corrected chi connectivity index (χ0v) is 12.6. The van der Waals surface area contributed by atoms with E-state index in [2.05, 4.69) is 17.4 Å². The Morgan fingerprint density at radius 1 is 1.09 bits per heavy atom. The molecular formula is C18H17NO4. The SMILES string of the molecule is O=C(NCC1Cc2ccccc2CO1)c1ccc2c(c1)OCO2. The summed E-state index contributed by atoms with van der Waals surface area (Å²) in [5.74, 6) is 1.15. The third kappa shape index (κ3) is 2.87. The van der Waals surface area contributed by atoms with E-state index < -0.39 is 0 Å². The lowest BCUT2D eigenvalue weighted by Crippen LogP contribution is -2.36. The number of ether oxygens (including phenoxy) is 3. The predicted octanol–water partition coefficient (Wildman–Crippen LogP) is 2.29. The lowest BCUT2D eigenvalue weighted by atomic mass is 9.99. The highest BCUT2D eigenvalue weighted by Gasteiger charge is 2.20. The van der Waals surface area contributed by atoms with E-state index in [1.807, 2.05) is 12.1 Å². The Labute approximate surface area is 134 Å². The summed E-state index contributed by atoms with van der Waals surface area (Å²) in [5, 5.41) is 2.93. The molecule has 0 aliphatic carbocycles. The second-order valence-corrected chi connectivity index (χ2v) is 5.68. The molecule has 2 aromatic rings. The zero-order chi connectivity index (χ0) is 15.6. The molecule has 2 aromatic carbocycles. The highest BCUT2D eigenvalue weighted by molar-refractivity contribution is 5.94. The first-order chi connectivity index (χ1) is 11.3. The Hall–Kier alpha value is -2.53. The molecule has 0 bridgehead atoms. The van der Waals surface area contributed by atoms with Crippen LogP contribution in [0.25, 0.3) is 0 Å². The van der Waals surface area contributed by atoms with Crippen molar-refractivity contribution in [3.05, 3.63) is 59.2 Å². The Balaban J connectivity index is 1.37. The molecule has 0 fully saturated rings. The Morgan fingerprint density at radius 3 is 2.83 bits per heavy atom. The zero-order valence-electron chi connectivity index (χ0n) is 12.6. The summed E-state index contributed by atoms with van der Waals surface area (Å²) in [4.78, 5) is 12.3. The number of hydrogen-bond donors (Lipinski definition) is 1. The van der Waals surface area contributed by atoms with E-state index in [0.29, 0.717) is 30.2 Å². The lowest BCUT2D eigenvalue weighted by molar-refractivity contribution is 0.0285. The van der Waals surface area contributed by atoms with Crippen molar-refractivity contribution in [3.8, 4) is 11.5 Å². The molecule has 0 saturated carbocycles. The maximum absolute atomic E-state index is 12.3. The van der Waals surface area contributed by atoms with Crippen molar-refractivity contribution in [2.24, 2.45) is 0 Å². The fourth-order valence-electron chi connectivity index (χ4n) is 2.89. The number of amides is 1. The molecule has 0 aromatic heterocycles. The number of fused-ring (bicyclic) bond motifs is 2. The third-order valence-electron chi connectivity index (χ3n) is 4.17. The van der Waals surface area contributed by atoms with Gasteiger partial charge in [0.2, 0.25) is 6.79 Å². The van der Waals surface area contributed by atoms with Gasteiger partial charge in [-0.15, -0.1) is 0 Å². The summed E-state index contributed by atoms with van der Waals surface area (Å²) >= 11 is 0. The van der Waals surface area contributed by atoms with Crippen LogP contribution in [0.5, 0.6) is 11.5 Å². The number of rotatable bonds is 3. The standard InChI is InChI=1S/C18H17NO4/c20-18(13-5-6-16-17(8-13)23-11-22-16)19-9-15-7-12-3-1-2-4-14(12)10-21-15/h1-6,8,15H,7,9-11H2,(H,19,20). The van der Waals surface area contributed by atoms with E-state index in [-0.39, 0.29) is 18.8 Å². The van der Waals surface area contributed by atoms with Crippen molar-refractivity contribution in [2.75, 3.05) is 13.3 Å². The van der Waals surface area contributed by atoms with Gasteiger partial charge in [0.25, 0.3) is 5.91 Å². The first-order valence-electron chi connectivity index (χ1n) is 7.66. The first kappa shape index (κ1) is 14.1. The van der Waals surface area contributed by atoms with Crippen molar-refractivity contribution in [2.45, 2.75) is 19.1 Å². The van der Waals surface area contributed by atoms with Crippen molar-refractivity contribution in [3.63, 3.8) is 0 Å². The topological polar surface area (TPSA) is 56.8 Å². The maximum Gasteiger partial charge on any atom is 0.251 e. The van der Waals surface area contributed by atoms with Crippen LogP contribution in [0.4, 0.5) is 0 Å². The van der Waals surface area contributed by atoms with Crippen LogP contribution in [0.3, 0.4) is 0 Å². The predicted molar refractivity (Wildman–Crippen MR) is 83.6 cm³/mol. The maximum atomic E-state index is 12.3. The highest BCUT2D eigenvalue weighted by Crippen LogP contribution is 2.32. The van der Waals surface area contributed by atoms with Gasteiger partial charge in [-0.2, -0.15) is 0 Å². The van der Waals surface area contributed by atoms with Crippen molar-refractivity contribution < 1.29 is 19.0 Å². The number of hydrogen-bond acceptors (Lipinski definition) is 4. The third-order valence-corrected chi connectivity index (χ3v) is 4.17. The summed E-state index contributed by atoms with van der Waals surface area (Å²) in [6, 6.07) is 13.4. The minimum Gasteiger partial charge on any atom is -0.454 e. The lowest BCUT2D eigenvalue weighted by Gasteiger charge is -2.25. The number of carbonyl (C=O) groups is 1. The Kier molecular flexibility index (Phi) is 3.63. The number of carbonyl (C=O) groups excluding carboxylic acids is 1. The molecule has 5 heteroatoms. The second-order valence-electron chi connectivity index (χ2n) is 5.68. The molecule has 4 rings (SSSR count). The van der Waals surface area contributed by atoms with E-state index in [9.17, 15) is 4.79 Å². The van der Waals surface area contributed by atoms with Gasteiger partial charge in [-0.05, 0) is 29.3 Å². The van der Waals surface area contributed by atoms with Crippen LogP contribution in [-0.4, -0.2) is 25.3 Å². The van der Waals surface area contributed by atoms with Crippen LogP contribution in [0.15, 0.2) is 42.5 Å². The molecular weight excluding hydrogens is 294 g/mol. The normalized spacial score (nSPS) is 18.3. The molecule has 0 spiro atoms. The quantitative estimate of drug-likeness (QED) is 0.945. The molecule has 2 aliphatic heterocycles. The van der Waals surface area contributed by atoms with Crippen molar-refractivity contribution in [1.29, 1.82) is 0 Å². The van der Waals surface area contributed by atoms with Gasteiger partial charge in [0.05, 0.1) is 12.7 Å². The van der Waals surface area contributed by atoms with Gasteiger partial charge in [-0.25, -0.2) is 0 Å². The van der Waals surface area contributed by atoms with Crippen LogP contribution in [0.1, 0.15) is 21.5 Å². The summed E-state index contributed by atoms with van der Waals surface area (Å²) < 4.78 is 16.3. The van der Waals surface area contributed by atoms with Gasteiger partial charge >= 0.3 is 0 Å². The smallest absolute Gasteiger partial charge is 0.251 e. The molecule has 1 amide bonds. The summed E-state index contributed by atoms with van der Waals surface area (Å²) in [6.45, 7) is 1.29. The fourth-order valence-corrected chi connectivity index (χ4v) is 2.89. The molecule has 0 radical (unpaired) electrons. The minimum absolute atomic E-state index is 0.00265. The molecule has 5 nitrogen and oxygen atoms in total. The largest absolute Gasteiger partial charge is 0.454 e. The van der Waals surface area contributed by atoms with Gasteiger partial charge in [-0.3, -0.25) is 4.79 Å². The average molecular weight is 311 g/mol. The van der Waals surface area contributed by atoms with Crippen LogP contribution in [0.2, 0.25) is 0 Å². The molecule has 2 aliphatic rings. The van der Waals surface area contributed by atoms with Gasteiger partial charge in [0.1, 0.15) is 0 Å². The minimum atomic E-state index is -0.134. The first-order valence-corrected chi connectivity index (χ1v) is 7.66. The summed E-state index contributed by atoms with van der Waals surface area (Å²) in [5.41, 5.74) is 3.08. The van der Waals surface area contributed by atoms with Crippen LogP contribution in [0, 0.1) is 0 Å². The summed E-state index contributed by atoms with van der Waals surface area (Å²) in [6.07, 6.45) is 0.820. The van der Waals surface area contributed by atoms with Crippen LogP contribution < -0.4 is 14.8 Å². The van der Waals surface area contributed by atoms with Gasteiger partial charge in [0.15, 0.2) is 11.5 Å². The Bertz CT molecular complexity index is 744. The van der Waals surface area contributed by atoms with E-state index in [0.717, 1.165) is 6.42 Å². The second kappa shape index (κ2) is 5.93. The number of benzene rings is 2. The van der Waals surface area contributed by atoms with Crippen LogP contribution in [-0.2, 0) is 17.8 Å². The molecule has 1 N–H and O–H groups in total. The van der Waals surface area contributed by atoms with E-state index in [4.69, 9.17) is 14.2 Å². The van der Waals surface area contributed by atoms with Crippen molar-refractivity contribution in [1.82, 2.24) is 5.32 Å². The molecule has 0 saturated heterocycles. The molecule has 2 heterocycles. The Morgan fingerprint density at radius 2 is 1.91 bits per heavy atom. The summed E-state index contributed by atoms with van der Waals surface area (Å²) in [7, 11) is 0. The van der Waals surface area contributed by atoms with Gasteiger partial charge < -0.3 is 19.5 Å². The average Bonchev–Trinajstić information content (AvgIpc) is 3.07. The molecule has 1 unspecified atom stereocenters.